The molecular formula is C119H74N2OS3. The first-order valence-electron chi connectivity index (χ1n) is 42.7. The smallest absolute Gasteiger partial charge is 0.143 e. The molecule has 0 N–H and O–H groups in total. The first-order valence-corrected chi connectivity index (χ1v) is 45.2. The molecule has 584 valence electrons. The van der Waals surface area contributed by atoms with Gasteiger partial charge in [0.05, 0.1) is 5.69 Å². The first-order chi connectivity index (χ1) is 61.9. The van der Waals surface area contributed by atoms with Crippen LogP contribution in [0.5, 0.6) is 0 Å². The summed E-state index contributed by atoms with van der Waals surface area (Å²) in [5.74, 6) is 0. The van der Waals surface area contributed by atoms with E-state index in [4.69, 9.17) is 4.42 Å². The third kappa shape index (κ3) is 12.0. The summed E-state index contributed by atoms with van der Waals surface area (Å²) < 4.78 is 14.4. The number of para-hydroxylation sites is 2. The van der Waals surface area contributed by atoms with Crippen LogP contribution in [0.15, 0.2) is 435 Å². The van der Waals surface area contributed by atoms with E-state index in [1.807, 2.05) is 40.1 Å². The molecule has 0 amide bonds. The fraction of sp³-hybridized carbons (Fsp3) is 0.00840. The minimum absolute atomic E-state index is 0.912. The summed E-state index contributed by atoms with van der Waals surface area (Å²) in [6, 6.07) is 158. The minimum atomic E-state index is 0.912. The Kier molecular flexibility index (Phi) is 17.1. The molecule has 3 nitrogen and oxygen atoms in total. The highest BCUT2D eigenvalue weighted by Gasteiger charge is 2.25. The molecule has 0 spiro atoms. The van der Waals surface area contributed by atoms with E-state index in [9.17, 15) is 0 Å². The quantitative estimate of drug-likeness (QED) is 0.120. The molecule has 0 saturated carbocycles. The van der Waals surface area contributed by atoms with Crippen LogP contribution in [-0.4, -0.2) is 0 Å². The van der Waals surface area contributed by atoms with Crippen molar-refractivity contribution in [1.29, 1.82) is 0 Å². The van der Waals surface area contributed by atoms with Gasteiger partial charge in [0, 0.05) is 127 Å². The molecule has 0 saturated heterocycles. The molecule has 0 fully saturated rings. The summed E-state index contributed by atoms with van der Waals surface area (Å²) in [6.45, 7) is 2.14. The van der Waals surface area contributed by atoms with E-state index in [0.29, 0.717) is 0 Å². The predicted molar refractivity (Wildman–Crippen MR) is 543 cm³/mol. The standard InChI is InChI=1S/C62H37NS2.C57H37NOS/c1-2-18-43(19-3-1)63(55-37-42(35-40-16-5-7-20-45(40)55)47-27-14-28-56-57(47)53-34-31-38-15-4-9-22-48(38)60(53)64-56)44-32-29-39(30-33-44)54-36-41-17-6-8-21-46(41)58-59-51-25-12-10-23-49(51)50-24-11-13-26-52(50)61(59)65-62(54)58;1-36-21-29-41(30-22-36)58(42-31-27-39(28-32-42)50-34-52-46-15-6-8-19-54(46)59-56(52)48-17-4-2-13-44(48)50)43-12-10-11-40(33-43)37-23-25-38(26-24-37)51-35-53-47-16-7-9-20-55(47)60-57(53)49-18-5-3-14-45(49)51/h1-37H;2-35H,1H3. The van der Waals surface area contributed by atoms with Crippen LogP contribution in [0.4, 0.5) is 34.1 Å². The number of hydrogen-bond donors (Lipinski definition) is 0. The predicted octanol–water partition coefficient (Wildman–Crippen LogP) is 36.0. The van der Waals surface area contributed by atoms with E-state index in [1.165, 1.54) is 192 Å². The highest BCUT2D eigenvalue weighted by molar-refractivity contribution is 7.28. The molecule has 0 atom stereocenters. The molecule has 4 aromatic heterocycles. The lowest BCUT2D eigenvalue weighted by Gasteiger charge is -2.28. The monoisotopic (exact) mass is 1640 g/mol. The molecule has 0 aliphatic rings. The zero-order valence-corrected chi connectivity index (χ0v) is 70.5. The van der Waals surface area contributed by atoms with Crippen molar-refractivity contribution in [3.63, 3.8) is 0 Å². The van der Waals surface area contributed by atoms with Crippen molar-refractivity contribution in [2.24, 2.45) is 0 Å². The number of fused-ring (bicyclic) bond motifs is 26. The first kappa shape index (κ1) is 72.5. The normalized spacial score (nSPS) is 11.9. The average molecular weight is 1640 g/mol. The second-order valence-electron chi connectivity index (χ2n) is 32.9. The van der Waals surface area contributed by atoms with E-state index >= 15 is 0 Å². The molecule has 6 heteroatoms. The minimum Gasteiger partial charge on any atom is -0.455 e. The maximum atomic E-state index is 6.41. The summed E-state index contributed by atoms with van der Waals surface area (Å²) in [5.41, 5.74) is 21.9. The van der Waals surface area contributed by atoms with Crippen LogP contribution in [0.2, 0.25) is 0 Å². The van der Waals surface area contributed by atoms with Gasteiger partial charge in [-0.2, -0.15) is 0 Å². The lowest BCUT2D eigenvalue weighted by molar-refractivity contribution is 0.672. The Morgan fingerprint density at radius 1 is 0.200 bits per heavy atom. The maximum Gasteiger partial charge on any atom is 0.143 e. The van der Waals surface area contributed by atoms with Crippen LogP contribution in [0.25, 0.3) is 213 Å². The van der Waals surface area contributed by atoms with Crippen molar-refractivity contribution in [3.8, 4) is 55.6 Å². The summed E-state index contributed by atoms with van der Waals surface area (Å²) in [6.07, 6.45) is 0. The second-order valence-corrected chi connectivity index (χ2v) is 36.0. The molecule has 0 bridgehead atoms. The van der Waals surface area contributed by atoms with Gasteiger partial charge >= 0.3 is 0 Å². The molecule has 0 unspecified atom stereocenters. The molecule has 0 radical (unpaired) electrons. The Morgan fingerprint density at radius 2 is 0.680 bits per heavy atom. The number of furan rings is 1. The number of thiophene rings is 3. The van der Waals surface area contributed by atoms with Gasteiger partial charge in [0.1, 0.15) is 11.2 Å². The third-order valence-electron chi connectivity index (χ3n) is 25.7. The molecule has 26 aromatic rings. The number of aryl methyl sites for hydroxylation is 1. The van der Waals surface area contributed by atoms with Crippen molar-refractivity contribution in [3.05, 3.63) is 436 Å². The van der Waals surface area contributed by atoms with Crippen LogP contribution in [0, 0.1) is 6.92 Å². The van der Waals surface area contributed by atoms with E-state index in [-0.39, 0.29) is 0 Å². The lowest BCUT2D eigenvalue weighted by Crippen LogP contribution is -2.10. The Balaban J connectivity index is 0.000000137. The molecule has 26 rings (SSSR count). The van der Waals surface area contributed by atoms with Gasteiger partial charge in [-0.3, -0.25) is 0 Å². The second kappa shape index (κ2) is 29.5. The van der Waals surface area contributed by atoms with E-state index in [1.54, 1.807) is 0 Å². The van der Waals surface area contributed by atoms with Crippen molar-refractivity contribution >= 4 is 226 Å². The van der Waals surface area contributed by atoms with E-state index < -0.39 is 0 Å². The largest absolute Gasteiger partial charge is 0.455 e. The zero-order valence-electron chi connectivity index (χ0n) is 68.0. The summed E-state index contributed by atoms with van der Waals surface area (Å²) in [4.78, 5) is 4.81. The fourth-order valence-corrected chi connectivity index (χ4v) is 23.7. The number of rotatable bonds is 11. The molecule has 0 aliphatic carbocycles. The number of nitrogens with zero attached hydrogens (tertiary/aromatic N) is 2. The van der Waals surface area contributed by atoms with Crippen LogP contribution in [0.3, 0.4) is 0 Å². The third-order valence-corrected chi connectivity index (χ3v) is 29.4. The molecule has 125 heavy (non-hydrogen) atoms. The van der Waals surface area contributed by atoms with Gasteiger partial charge in [-0.1, -0.05) is 327 Å². The van der Waals surface area contributed by atoms with Gasteiger partial charge in [0.2, 0.25) is 0 Å². The van der Waals surface area contributed by atoms with Gasteiger partial charge in [-0.25, -0.2) is 0 Å². The molecular weight excluding hydrogens is 1570 g/mol. The molecule has 22 aromatic carbocycles. The van der Waals surface area contributed by atoms with Crippen LogP contribution in [0.1, 0.15) is 5.56 Å². The highest BCUT2D eigenvalue weighted by Crippen LogP contribution is 2.53. The number of benzene rings is 22. The van der Waals surface area contributed by atoms with Crippen LogP contribution < -0.4 is 9.80 Å². The SMILES string of the molecule is Cc1ccc(N(c2ccc(-c3cc4c5ccccc5oc4c4ccccc34)cc2)c2cccc(-c3ccc(-c4cc5c6ccccc6sc5c5ccccc45)cc3)c2)cc1.c1ccc(N(c2ccc(-c3cc4ccccc4c4c3sc3c5ccccc5c5ccccc5c34)cc2)c2cc(-c3cccc4sc5c6ccccc6ccc5c34)cc3ccccc23)cc1. The van der Waals surface area contributed by atoms with Gasteiger partial charge in [-0.15, -0.1) is 34.0 Å². The molecule has 4 heterocycles. The number of hydrogen-bond acceptors (Lipinski definition) is 6. The Hall–Kier alpha value is -15.3. The fourth-order valence-electron chi connectivity index (χ4n) is 19.9. The van der Waals surface area contributed by atoms with Crippen molar-refractivity contribution in [2.45, 2.75) is 6.92 Å². The summed E-state index contributed by atoms with van der Waals surface area (Å²) in [5, 5.41) is 28.0. The highest BCUT2D eigenvalue weighted by atomic mass is 32.1. The zero-order chi connectivity index (χ0) is 82.3. The van der Waals surface area contributed by atoms with Crippen LogP contribution >= 0.6 is 34.0 Å². The van der Waals surface area contributed by atoms with Gasteiger partial charge in [-0.05, 0) is 220 Å². The lowest BCUT2D eigenvalue weighted by atomic mass is 9.93. The van der Waals surface area contributed by atoms with Gasteiger partial charge in [0.15, 0.2) is 0 Å². The number of anilines is 6. The van der Waals surface area contributed by atoms with E-state index in [2.05, 4.69) is 441 Å². The average Bonchev–Trinajstić information content (AvgIpc) is 1.56. The van der Waals surface area contributed by atoms with Crippen molar-refractivity contribution < 1.29 is 4.42 Å². The van der Waals surface area contributed by atoms with Gasteiger partial charge in [0.25, 0.3) is 0 Å². The Labute approximate surface area is 733 Å². The van der Waals surface area contributed by atoms with E-state index in [0.717, 1.165) is 61.4 Å². The summed E-state index contributed by atoms with van der Waals surface area (Å²) in [7, 11) is 0. The molecule has 0 aliphatic heterocycles. The van der Waals surface area contributed by atoms with Crippen molar-refractivity contribution in [2.75, 3.05) is 9.80 Å². The van der Waals surface area contributed by atoms with Gasteiger partial charge < -0.3 is 14.2 Å². The van der Waals surface area contributed by atoms with Crippen molar-refractivity contribution in [1.82, 2.24) is 0 Å². The Morgan fingerprint density at radius 3 is 1.41 bits per heavy atom. The Bertz CT molecular complexity index is 8860. The topological polar surface area (TPSA) is 19.6 Å². The summed E-state index contributed by atoms with van der Waals surface area (Å²) >= 11 is 5.73. The van der Waals surface area contributed by atoms with Crippen LogP contribution in [-0.2, 0) is 0 Å². The maximum absolute atomic E-state index is 6.41.